The molecule has 0 aliphatic rings. The molecular weight excluding hydrogens is 384 g/mol. The SMILES string of the molecule is COc1cc(-c2nnc(CSc3nnnn3CC(C)C)o2)cc(OC)c1OC. The number of rotatable bonds is 9. The van der Waals surface area contributed by atoms with Gasteiger partial charge in [0.25, 0.3) is 0 Å². The lowest BCUT2D eigenvalue weighted by atomic mass is 10.2. The van der Waals surface area contributed by atoms with Crippen LogP contribution in [0.1, 0.15) is 19.7 Å². The Morgan fingerprint density at radius 2 is 1.75 bits per heavy atom. The molecule has 0 spiro atoms. The van der Waals surface area contributed by atoms with E-state index in [0.29, 0.717) is 51.4 Å². The molecule has 0 amide bonds. The Kier molecular flexibility index (Phi) is 6.34. The Morgan fingerprint density at radius 1 is 1.04 bits per heavy atom. The summed E-state index contributed by atoms with van der Waals surface area (Å²) in [6.07, 6.45) is 0. The van der Waals surface area contributed by atoms with Crippen LogP contribution in [0, 0.1) is 5.92 Å². The summed E-state index contributed by atoms with van der Waals surface area (Å²) in [7, 11) is 4.66. The van der Waals surface area contributed by atoms with E-state index < -0.39 is 0 Å². The molecule has 11 heteroatoms. The molecule has 0 fully saturated rings. The monoisotopic (exact) mass is 406 g/mol. The van der Waals surface area contributed by atoms with Crippen molar-refractivity contribution in [2.75, 3.05) is 21.3 Å². The van der Waals surface area contributed by atoms with Gasteiger partial charge in [-0.25, -0.2) is 4.68 Å². The minimum Gasteiger partial charge on any atom is -0.493 e. The standard InChI is InChI=1S/C17H22N6O4S/c1-10(2)8-23-17(20-21-22-23)28-9-14-18-19-16(27-14)11-6-12(24-3)15(26-5)13(7-11)25-4/h6-7,10H,8-9H2,1-5H3. The van der Waals surface area contributed by atoms with Gasteiger partial charge in [-0.1, -0.05) is 25.6 Å². The van der Waals surface area contributed by atoms with E-state index in [1.165, 1.54) is 11.8 Å². The van der Waals surface area contributed by atoms with Gasteiger partial charge in [-0.2, -0.15) is 0 Å². The molecular formula is C17H22N6O4S. The molecule has 0 aliphatic heterocycles. The van der Waals surface area contributed by atoms with Crippen LogP contribution in [0.15, 0.2) is 21.7 Å². The first-order valence-corrected chi connectivity index (χ1v) is 9.56. The number of tetrazole rings is 1. The minimum atomic E-state index is 0.358. The number of methoxy groups -OCH3 is 3. The van der Waals surface area contributed by atoms with E-state index in [1.807, 2.05) is 0 Å². The fourth-order valence-electron chi connectivity index (χ4n) is 2.52. The smallest absolute Gasteiger partial charge is 0.248 e. The molecule has 3 rings (SSSR count). The molecule has 0 saturated carbocycles. The van der Waals surface area contributed by atoms with Crippen LogP contribution in [0.3, 0.4) is 0 Å². The summed E-state index contributed by atoms with van der Waals surface area (Å²) in [6.45, 7) is 4.96. The van der Waals surface area contributed by atoms with Gasteiger partial charge in [-0.15, -0.1) is 15.3 Å². The quantitative estimate of drug-likeness (QED) is 0.492. The predicted octanol–water partition coefficient (Wildman–Crippen LogP) is 2.70. The lowest BCUT2D eigenvalue weighted by molar-refractivity contribution is 0.324. The van der Waals surface area contributed by atoms with Crippen molar-refractivity contribution in [3.8, 4) is 28.7 Å². The van der Waals surface area contributed by atoms with Crippen molar-refractivity contribution in [3.63, 3.8) is 0 Å². The number of hydrogen-bond acceptors (Lipinski definition) is 10. The van der Waals surface area contributed by atoms with Crippen LogP contribution in [0.5, 0.6) is 17.2 Å². The van der Waals surface area contributed by atoms with E-state index in [9.17, 15) is 0 Å². The Labute approximate surface area is 166 Å². The summed E-state index contributed by atoms with van der Waals surface area (Å²) in [5.74, 6) is 3.25. The van der Waals surface area contributed by atoms with Gasteiger partial charge in [0, 0.05) is 12.1 Å². The molecule has 0 aliphatic carbocycles. The maximum Gasteiger partial charge on any atom is 0.248 e. The second kappa shape index (κ2) is 8.91. The Balaban J connectivity index is 1.77. The normalized spacial score (nSPS) is 11.1. The zero-order valence-corrected chi connectivity index (χ0v) is 17.2. The summed E-state index contributed by atoms with van der Waals surface area (Å²) in [4.78, 5) is 0. The van der Waals surface area contributed by atoms with Crippen LogP contribution in [-0.4, -0.2) is 51.7 Å². The third kappa shape index (κ3) is 4.35. The van der Waals surface area contributed by atoms with Crippen LogP contribution in [0.2, 0.25) is 0 Å². The Bertz CT molecular complexity index is 901. The maximum absolute atomic E-state index is 5.79. The highest BCUT2D eigenvalue weighted by Gasteiger charge is 2.18. The second-order valence-corrected chi connectivity index (χ2v) is 7.18. The van der Waals surface area contributed by atoms with E-state index in [2.05, 4.69) is 39.6 Å². The molecule has 2 aromatic heterocycles. The van der Waals surface area contributed by atoms with E-state index >= 15 is 0 Å². The first-order valence-electron chi connectivity index (χ1n) is 8.57. The lowest BCUT2D eigenvalue weighted by Crippen LogP contribution is -2.07. The molecule has 10 nitrogen and oxygen atoms in total. The number of ether oxygens (including phenoxy) is 3. The van der Waals surface area contributed by atoms with Gasteiger partial charge in [0.2, 0.25) is 22.7 Å². The highest BCUT2D eigenvalue weighted by Crippen LogP contribution is 2.41. The van der Waals surface area contributed by atoms with Crippen molar-refractivity contribution in [1.82, 2.24) is 30.4 Å². The third-order valence-corrected chi connectivity index (χ3v) is 4.68. The number of benzene rings is 1. The lowest BCUT2D eigenvalue weighted by Gasteiger charge is -2.12. The van der Waals surface area contributed by atoms with Crippen molar-refractivity contribution in [2.24, 2.45) is 5.92 Å². The number of hydrogen-bond donors (Lipinski definition) is 0. The Hall–Kier alpha value is -2.82. The molecule has 0 unspecified atom stereocenters. The molecule has 0 N–H and O–H groups in total. The van der Waals surface area contributed by atoms with Crippen molar-refractivity contribution >= 4 is 11.8 Å². The van der Waals surface area contributed by atoms with E-state index in [0.717, 1.165) is 6.54 Å². The molecule has 0 atom stereocenters. The van der Waals surface area contributed by atoms with Gasteiger partial charge in [0.15, 0.2) is 11.5 Å². The van der Waals surface area contributed by atoms with Gasteiger partial charge < -0.3 is 18.6 Å². The zero-order chi connectivity index (χ0) is 20.1. The topological polar surface area (TPSA) is 110 Å². The first kappa shape index (κ1) is 19.9. The summed E-state index contributed by atoms with van der Waals surface area (Å²) in [5.41, 5.74) is 0.669. The van der Waals surface area contributed by atoms with Crippen LogP contribution < -0.4 is 14.2 Å². The first-order chi connectivity index (χ1) is 13.5. The van der Waals surface area contributed by atoms with Gasteiger partial charge in [-0.05, 0) is 28.5 Å². The highest BCUT2D eigenvalue weighted by atomic mass is 32.2. The van der Waals surface area contributed by atoms with Crippen molar-refractivity contribution < 1.29 is 18.6 Å². The van der Waals surface area contributed by atoms with Gasteiger partial charge in [-0.3, -0.25) is 0 Å². The zero-order valence-electron chi connectivity index (χ0n) is 16.4. The van der Waals surface area contributed by atoms with Crippen LogP contribution in [-0.2, 0) is 12.3 Å². The van der Waals surface area contributed by atoms with Crippen LogP contribution in [0.4, 0.5) is 0 Å². The van der Waals surface area contributed by atoms with E-state index in [-0.39, 0.29) is 0 Å². The second-order valence-electron chi connectivity index (χ2n) is 6.24. The van der Waals surface area contributed by atoms with Gasteiger partial charge in [0.1, 0.15) is 0 Å². The van der Waals surface area contributed by atoms with E-state index in [4.69, 9.17) is 18.6 Å². The van der Waals surface area contributed by atoms with Crippen LogP contribution in [0.25, 0.3) is 11.5 Å². The number of thioether (sulfide) groups is 1. The van der Waals surface area contributed by atoms with Crippen molar-refractivity contribution in [3.05, 3.63) is 18.0 Å². The molecule has 1 aromatic carbocycles. The van der Waals surface area contributed by atoms with Gasteiger partial charge >= 0.3 is 0 Å². The molecule has 0 saturated heterocycles. The minimum absolute atomic E-state index is 0.358. The fraction of sp³-hybridized carbons (Fsp3) is 0.471. The summed E-state index contributed by atoms with van der Waals surface area (Å²) in [6, 6.07) is 3.52. The summed E-state index contributed by atoms with van der Waals surface area (Å²) >= 11 is 1.44. The summed E-state index contributed by atoms with van der Waals surface area (Å²) in [5, 5.41) is 20.7. The molecule has 0 radical (unpaired) electrons. The van der Waals surface area contributed by atoms with Gasteiger partial charge in [0.05, 0.1) is 27.1 Å². The molecule has 150 valence electrons. The maximum atomic E-state index is 5.79. The number of nitrogens with zero attached hydrogens (tertiary/aromatic N) is 6. The third-order valence-electron chi connectivity index (χ3n) is 3.74. The Morgan fingerprint density at radius 3 is 2.36 bits per heavy atom. The summed E-state index contributed by atoms with van der Waals surface area (Å²) < 4.78 is 23.6. The largest absolute Gasteiger partial charge is 0.493 e. The number of aromatic nitrogens is 6. The van der Waals surface area contributed by atoms with Crippen molar-refractivity contribution in [2.45, 2.75) is 31.3 Å². The average molecular weight is 406 g/mol. The molecule has 2 heterocycles. The molecule has 3 aromatic rings. The predicted molar refractivity (Wildman–Crippen MR) is 102 cm³/mol. The highest BCUT2D eigenvalue weighted by molar-refractivity contribution is 7.98. The molecule has 0 bridgehead atoms. The average Bonchev–Trinajstić information content (AvgIpc) is 3.34. The van der Waals surface area contributed by atoms with Crippen molar-refractivity contribution in [1.29, 1.82) is 0 Å². The fourth-order valence-corrected chi connectivity index (χ4v) is 3.24. The van der Waals surface area contributed by atoms with Crippen LogP contribution >= 0.6 is 11.8 Å². The van der Waals surface area contributed by atoms with E-state index in [1.54, 1.807) is 38.1 Å². The molecule has 28 heavy (non-hydrogen) atoms.